The molecule has 4 nitrogen and oxygen atoms in total. The standard InChI is InChI=1S/C11H23N3O/c1-4-13(5-2)11(15)14-7-6-9(3)10(14)8-12/h9-10H,4-8,12H2,1-3H3. The van der Waals surface area contributed by atoms with Gasteiger partial charge in [-0.25, -0.2) is 4.79 Å². The van der Waals surface area contributed by atoms with E-state index in [9.17, 15) is 4.79 Å². The van der Waals surface area contributed by atoms with Gasteiger partial charge in [-0.15, -0.1) is 0 Å². The Morgan fingerprint density at radius 1 is 1.47 bits per heavy atom. The summed E-state index contributed by atoms with van der Waals surface area (Å²) in [5.41, 5.74) is 5.72. The first-order chi connectivity index (χ1) is 7.15. The molecule has 0 aliphatic carbocycles. The highest BCUT2D eigenvalue weighted by Crippen LogP contribution is 2.24. The lowest BCUT2D eigenvalue weighted by molar-refractivity contribution is 0.149. The molecule has 0 aromatic heterocycles. The van der Waals surface area contributed by atoms with Crippen molar-refractivity contribution in [1.29, 1.82) is 0 Å². The minimum atomic E-state index is 0.153. The number of hydrogen-bond donors (Lipinski definition) is 1. The van der Waals surface area contributed by atoms with Crippen molar-refractivity contribution in [3.8, 4) is 0 Å². The van der Waals surface area contributed by atoms with Crippen molar-refractivity contribution in [2.45, 2.75) is 33.2 Å². The number of likely N-dealkylation sites (tertiary alicyclic amines) is 1. The average molecular weight is 213 g/mol. The molecule has 2 amide bonds. The summed E-state index contributed by atoms with van der Waals surface area (Å²) in [6.45, 7) is 9.19. The lowest BCUT2D eigenvalue weighted by Crippen LogP contribution is -2.48. The zero-order valence-corrected chi connectivity index (χ0v) is 10.1. The first-order valence-electron chi connectivity index (χ1n) is 5.91. The molecule has 2 unspecified atom stereocenters. The van der Waals surface area contributed by atoms with Crippen LogP contribution in [0.3, 0.4) is 0 Å². The lowest BCUT2D eigenvalue weighted by Gasteiger charge is -2.31. The number of hydrogen-bond acceptors (Lipinski definition) is 2. The van der Waals surface area contributed by atoms with Crippen molar-refractivity contribution < 1.29 is 4.79 Å². The highest BCUT2D eigenvalue weighted by molar-refractivity contribution is 5.75. The van der Waals surface area contributed by atoms with Gasteiger partial charge in [-0.1, -0.05) is 6.92 Å². The van der Waals surface area contributed by atoms with Crippen LogP contribution in [0.4, 0.5) is 4.79 Å². The van der Waals surface area contributed by atoms with Crippen molar-refractivity contribution in [1.82, 2.24) is 9.80 Å². The average Bonchev–Trinajstić information content (AvgIpc) is 2.61. The fraction of sp³-hybridized carbons (Fsp3) is 0.909. The maximum atomic E-state index is 12.1. The fourth-order valence-electron chi connectivity index (χ4n) is 2.28. The van der Waals surface area contributed by atoms with Crippen LogP contribution in [-0.2, 0) is 0 Å². The molecule has 0 spiro atoms. The second-order valence-corrected chi connectivity index (χ2v) is 4.22. The van der Waals surface area contributed by atoms with Gasteiger partial charge >= 0.3 is 6.03 Å². The SMILES string of the molecule is CCN(CC)C(=O)N1CCC(C)C1CN. The maximum absolute atomic E-state index is 12.1. The Morgan fingerprint density at radius 2 is 2.07 bits per heavy atom. The van der Waals surface area contributed by atoms with Crippen LogP contribution in [0, 0.1) is 5.92 Å². The topological polar surface area (TPSA) is 49.6 Å². The quantitative estimate of drug-likeness (QED) is 0.763. The molecule has 15 heavy (non-hydrogen) atoms. The molecule has 0 saturated carbocycles. The van der Waals surface area contributed by atoms with Crippen LogP contribution in [0.15, 0.2) is 0 Å². The molecule has 0 aromatic rings. The van der Waals surface area contributed by atoms with Gasteiger partial charge < -0.3 is 15.5 Å². The van der Waals surface area contributed by atoms with Crippen molar-refractivity contribution in [2.75, 3.05) is 26.2 Å². The van der Waals surface area contributed by atoms with Crippen molar-refractivity contribution in [2.24, 2.45) is 11.7 Å². The molecule has 0 radical (unpaired) electrons. The van der Waals surface area contributed by atoms with Gasteiger partial charge in [-0.3, -0.25) is 0 Å². The molecule has 0 bridgehead atoms. The van der Waals surface area contributed by atoms with Crippen LogP contribution in [0.1, 0.15) is 27.2 Å². The molecule has 0 aromatic carbocycles. The highest BCUT2D eigenvalue weighted by Gasteiger charge is 2.34. The predicted octanol–water partition coefficient (Wildman–Crippen LogP) is 1.12. The third kappa shape index (κ3) is 2.43. The number of amides is 2. The van der Waals surface area contributed by atoms with E-state index in [1.54, 1.807) is 0 Å². The molecule has 1 rings (SSSR count). The van der Waals surface area contributed by atoms with Crippen LogP contribution >= 0.6 is 0 Å². The Labute approximate surface area is 92.4 Å². The monoisotopic (exact) mass is 213 g/mol. The van der Waals surface area contributed by atoms with E-state index in [1.165, 1.54) is 0 Å². The molecular formula is C11H23N3O. The summed E-state index contributed by atoms with van der Waals surface area (Å²) >= 11 is 0. The summed E-state index contributed by atoms with van der Waals surface area (Å²) in [6, 6.07) is 0.387. The Hall–Kier alpha value is -0.770. The molecule has 1 aliphatic heterocycles. The summed E-state index contributed by atoms with van der Waals surface area (Å²) in [6.07, 6.45) is 1.08. The highest BCUT2D eigenvalue weighted by atomic mass is 16.2. The maximum Gasteiger partial charge on any atom is 0.320 e. The first-order valence-corrected chi connectivity index (χ1v) is 5.91. The second kappa shape index (κ2) is 5.35. The molecule has 2 N–H and O–H groups in total. The van der Waals surface area contributed by atoms with Crippen LogP contribution in [-0.4, -0.2) is 48.1 Å². The van der Waals surface area contributed by atoms with Gasteiger partial charge in [0.1, 0.15) is 0 Å². The Kier molecular flexibility index (Phi) is 4.39. The summed E-state index contributed by atoms with van der Waals surface area (Å²) in [4.78, 5) is 15.9. The third-order valence-corrected chi connectivity index (χ3v) is 3.40. The van der Waals surface area contributed by atoms with E-state index in [-0.39, 0.29) is 12.1 Å². The van der Waals surface area contributed by atoms with E-state index in [1.807, 2.05) is 23.6 Å². The molecule has 1 heterocycles. The van der Waals surface area contributed by atoms with Crippen molar-refractivity contribution >= 4 is 6.03 Å². The van der Waals surface area contributed by atoms with E-state index in [2.05, 4.69) is 6.92 Å². The van der Waals surface area contributed by atoms with E-state index < -0.39 is 0 Å². The second-order valence-electron chi connectivity index (χ2n) is 4.22. The van der Waals surface area contributed by atoms with E-state index in [0.29, 0.717) is 12.5 Å². The molecule has 88 valence electrons. The van der Waals surface area contributed by atoms with Gasteiger partial charge in [0.05, 0.1) is 0 Å². The smallest absolute Gasteiger partial charge is 0.320 e. The third-order valence-electron chi connectivity index (χ3n) is 3.40. The summed E-state index contributed by atoms with van der Waals surface area (Å²) in [7, 11) is 0. The number of rotatable bonds is 3. The Bertz CT molecular complexity index is 216. The number of nitrogens with two attached hydrogens (primary N) is 1. The zero-order valence-electron chi connectivity index (χ0n) is 10.1. The van der Waals surface area contributed by atoms with Crippen molar-refractivity contribution in [3.63, 3.8) is 0 Å². The Balaban J connectivity index is 2.66. The van der Waals surface area contributed by atoms with Crippen LogP contribution in [0.25, 0.3) is 0 Å². The number of urea groups is 1. The molecule has 1 aliphatic rings. The molecule has 4 heteroatoms. The van der Waals surface area contributed by atoms with Crippen LogP contribution < -0.4 is 5.73 Å². The lowest BCUT2D eigenvalue weighted by atomic mass is 10.0. The van der Waals surface area contributed by atoms with E-state index >= 15 is 0 Å². The summed E-state index contributed by atoms with van der Waals surface area (Å²) < 4.78 is 0. The Morgan fingerprint density at radius 3 is 2.53 bits per heavy atom. The number of nitrogens with zero attached hydrogens (tertiary/aromatic N) is 2. The van der Waals surface area contributed by atoms with E-state index in [4.69, 9.17) is 5.73 Å². The van der Waals surface area contributed by atoms with Crippen molar-refractivity contribution in [3.05, 3.63) is 0 Å². The van der Waals surface area contributed by atoms with Crippen LogP contribution in [0.2, 0.25) is 0 Å². The molecule has 1 fully saturated rings. The van der Waals surface area contributed by atoms with Gasteiger partial charge in [-0.05, 0) is 26.2 Å². The van der Waals surface area contributed by atoms with Gasteiger partial charge in [0, 0.05) is 32.2 Å². The zero-order chi connectivity index (χ0) is 11.4. The molecule has 1 saturated heterocycles. The minimum Gasteiger partial charge on any atom is -0.328 e. The van der Waals surface area contributed by atoms with Gasteiger partial charge in [0.25, 0.3) is 0 Å². The van der Waals surface area contributed by atoms with E-state index in [0.717, 1.165) is 26.1 Å². The largest absolute Gasteiger partial charge is 0.328 e. The molecule has 2 atom stereocenters. The number of carbonyl (C=O) groups excluding carboxylic acids is 1. The fourth-order valence-corrected chi connectivity index (χ4v) is 2.28. The number of carbonyl (C=O) groups is 1. The van der Waals surface area contributed by atoms with Crippen LogP contribution in [0.5, 0.6) is 0 Å². The first kappa shape index (κ1) is 12.3. The minimum absolute atomic E-state index is 0.153. The van der Waals surface area contributed by atoms with Gasteiger partial charge in [0.15, 0.2) is 0 Å². The van der Waals surface area contributed by atoms with Gasteiger partial charge in [0.2, 0.25) is 0 Å². The summed E-state index contributed by atoms with van der Waals surface area (Å²) in [5, 5.41) is 0. The normalized spacial score (nSPS) is 25.7. The molecular weight excluding hydrogens is 190 g/mol. The summed E-state index contributed by atoms with van der Waals surface area (Å²) in [5.74, 6) is 0.537. The predicted molar refractivity (Wildman–Crippen MR) is 61.6 cm³/mol. The van der Waals surface area contributed by atoms with Gasteiger partial charge in [-0.2, -0.15) is 0 Å².